The Balaban J connectivity index is 4.07. The van der Waals surface area contributed by atoms with Crippen molar-refractivity contribution >= 4 is 6.08 Å². The zero-order valence-corrected chi connectivity index (χ0v) is 13.3. The molecule has 0 aliphatic rings. The predicted molar refractivity (Wildman–Crippen MR) is 83.4 cm³/mol. The summed E-state index contributed by atoms with van der Waals surface area (Å²) in [7, 11) is 0. The molecule has 0 bridgehead atoms. The van der Waals surface area contributed by atoms with E-state index in [1.807, 2.05) is 0 Å². The summed E-state index contributed by atoms with van der Waals surface area (Å²) >= 11 is 0. The molecular weight excluding hydrogens is 244 g/mol. The zero-order valence-electron chi connectivity index (χ0n) is 13.3. The fraction of sp³-hybridized carbons (Fsp3) is 0.444. The van der Waals surface area contributed by atoms with Gasteiger partial charge in [-0.05, 0) is 33.6 Å². The molecule has 2 heteroatoms. The van der Waals surface area contributed by atoms with Crippen molar-refractivity contribution in [1.29, 1.82) is 10.5 Å². The van der Waals surface area contributed by atoms with Crippen LogP contribution in [0.5, 0.6) is 0 Å². The second-order valence-corrected chi connectivity index (χ2v) is 7.07. The van der Waals surface area contributed by atoms with E-state index in [1.165, 1.54) is 0 Å². The predicted octanol–water partition coefficient (Wildman–Crippen LogP) is 4.67. The lowest BCUT2D eigenvalue weighted by molar-refractivity contribution is 0.528. The van der Waals surface area contributed by atoms with E-state index in [0.29, 0.717) is 11.1 Å². The van der Waals surface area contributed by atoms with Crippen LogP contribution in [-0.2, 0) is 10.8 Å². The Kier molecular flexibility index (Phi) is 4.11. The van der Waals surface area contributed by atoms with E-state index in [0.717, 1.165) is 16.7 Å². The number of hydrogen-bond donors (Lipinski definition) is 0. The van der Waals surface area contributed by atoms with Crippen LogP contribution in [0.4, 0.5) is 0 Å². The lowest BCUT2D eigenvalue weighted by atomic mass is 9.70. The van der Waals surface area contributed by atoms with Gasteiger partial charge in [-0.15, -0.1) is 0 Å². The Labute approximate surface area is 122 Å². The van der Waals surface area contributed by atoms with Gasteiger partial charge in [0.15, 0.2) is 0 Å². The summed E-state index contributed by atoms with van der Waals surface area (Å²) < 4.78 is 0. The van der Waals surface area contributed by atoms with Gasteiger partial charge in [-0.3, -0.25) is 0 Å². The van der Waals surface area contributed by atoms with Crippen LogP contribution in [0.25, 0.3) is 6.08 Å². The van der Waals surface area contributed by atoms with Gasteiger partial charge < -0.3 is 0 Å². The van der Waals surface area contributed by atoms with Crippen LogP contribution in [0.15, 0.2) is 12.6 Å². The molecule has 0 heterocycles. The molecule has 0 unspecified atom stereocenters. The third kappa shape index (κ3) is 2.75. The van der Waals surface area contributed by atoms with Crippen LogP contribution in [0, 0.1) is 22.7 Å². The molecule has 104 valence electrons. The molecule has 0 atom stereocenters. The molecule has 0 aliphatic heterocycles. The highest BCUT2D eigenvalue weighted by Crippen LogP contribution is 2.40. The van der Waals surface area contributed by atoms with Crippen molar-refractivity contribution in [2.24, 2.45) is 0 Å². The second-order valence-electron chi connectivity index (χ2n) is 7.07. The van der Waals surface area contributed by atoms with Gasteiger partial charge in [0.1, 0.15) is 12.1 Å². The summed E-state index contributed by atoms with van der Waals surface area (Å²) in [5.74, 6) is 0. The van der Waals surface area contributed by atoms with E-state index in [4.69, 9.17) is 0 Å². The smallest absolute Gasteiger partial charge is 0.101 e. The average Bonchev–Trinajstić information content (AvgIpc) is 2.33. The summed E-state index contributed by atoms with van der Waals surface area (Å²) in [4.78, 5) is 0. The van der Waals surface area contributed by atoms with E-state index < -0.39 is 0 Å². The van der Waals surface area contributed by atoms with E-state index in [-0.39, 0.29) is 10.8 Å². The van der Waals surface area contributed by atoms with Crippen LogP contribution >= 0.6 is 0 Å². The van der Waals surface area contributed by atoms with Crippen molar-refractivity contribution in [1.82, 2.24) is 0 Å². The topological polar surface area (TPSA) is 47.6 Å². The molecular formula is C18H22N2. The Morgan fingerprint density at radius 1 is 0.950 bits per heavy atom. The maximum atomic E-state index is 9.52. The summed E-state index contributed by atoms with van der Waals surface area (Å²) in [6, 6.07) is 6.15. The van der Waals surface area contributed by atoms with Crippen molar-refractivity contribution in [2.45, 2.75) is 52.4 Å². The molecule has 0 aromatic heterocycles. The van der Waals surface area contributed by atoms with Crippen LogP contribution < -0.4 is 0 Å². The van der Waals surface area contributed by atoms with Gasteiger partial charge in [-0.25, -0.2) is 0 Å². The Hall–Kier alpha value is -2.06. The van der Waals surface area contributed by atoms with Crippen LogP contribution in [0.2, 0.25) is 0 Å². The fourth-order valence-electron chi connectivity index (χ4n) is 2.63. The van der Waals surface area contributed by atoms with Crippen molar-refractivity contribution in [3.63, 3.8) is 0 Å². The monoisotopic (exact) mass is 266 g/mol. The minimum Gasteiger partial charge on any atom is -0.192 e. The molecule has 0 spiro atoms. The molecule has 0 amide bonds. The maximum Gasteiger partial charge on any atom is 0.101 e. The zero-order chi connectivity index (χ0) is 15.7. The summed E-state index contributed by atoms with van der Waals surface area (Å²) in [5, 5.41) is 18.8. The SMILES string of the molecule is C=Cc1cc(C#N)c(C#N)c(C(C)(C)C)c1C(C)(C)C. The highest BCUT2D eigenvalue weighted by Gasteiger charge is 2.31. The third-order valence-corrected chi connectivity index (χ3v) is 3.31. The Morgan fingerprint density at radius 2 is 1.45 bits per heavy atom. The molecule has 0 radical (unpaired) electrons. The first-order valence-corrected chi connectivity index (χ1v) is 6.72. The Bertz CT molecular complexity index is 624. The molecule has 0 aliphatic carbocycles. The molecule has 1 aromatic carbocycles. The van der Waals surface area contributed by atoms with Gasteiger partial charge in [0.05, 0.1) is 11.1 Å². The molecule has 1 aromatic rings. The number of nitrogens with zero attached hydrogens (tertiary/aromatic N) is 2. The lowest BCUT2D eigenvalue weighted by Crippen LogP contribution is -2.25. The molecule has 0 N–H and O–H groups in total. The highest BCUT2D eigenvalue weighted by atomic mass is 14.4. The molecule has 0 saturated carbocycles. The molecule has 0 fully saturated rings. The van der Waals surface area contributed by atoms with E-state index >= 15 is 0 Å². The normalized spacial score (nSPS) is 11.6. The largest absolute Gasteiger partial charge is 0.192 e. The second kappa shape index (κ2) is 5.14. The van der Waals surface area contributed by atoms with E-state index in [1.54, 1.807) is 12.1 Å². The quantitative estimate of drug-likeness (QED) is 0.741. The number of hydrogen-bond acceptors (Lipinski definition) is 2. The summed E-state index contributed by atoms with van der Waals surface area (Å²) in [6.07, 6.45) is 1.78. The van der Waals surface area contributed by atoms with Gasteiger partial charge in [0.2, 0.25) is 0 Å². The van der Waals surface area contributed by atoms with Gasteiger partial charge in [-0.2, -0.15) is 10.5 Å². The molecule has 0 saturated heterocycles. The van der Waals surface area contributed by atoms with Crippen molar-refractivity contribution in [2.75, 3.05) is 0 Å². The minimum absolute atomic E-state index is 0.119. The van der Waals surface area contributed by atoms with Crippen LogP contribution in [-0.4, -0.2) is 0 Å². The van der Waals surface area contributed by atoms with Gasteiger partial charge in [0, 0.05) is 0 Å². The average molecular weight is 266 g/mol. The first-order valence-electron chi connectivity index (χ1n) is 6.72. The summed E-state index contributed by atoms with van der Waals surface area (Å²) in [6.45, 7) is 16.5. The highest BCUT2D eigenvalue weighted by molar-refractivity contribution is 5.67. The minimum atomic E-state index is -0.210. The van der Waals surface area contributed by atoms with Crippen molar-refractivity contribution < 1.29 is 0 Å². The van der Waals surface area contributed by atoms with E-state index in [9.17, 15) is 10.5 Å². The number of benzene rings is 1. The van der Waals surface area contributed by atoms with Gasteiger partial charge in [0.25, 0.3) is 0 Å². The van der Waals surface area contributed by atoms with Gasteiger partial charge >= 0.3 is 0 Å². The first kappa shape index (κ1) is 16.0. The molecule has 20 heavy (non-hydrogen) atoms. The lowest BCUT2D eigenvalue weighted by Gasteiger charge is -2.33. The molecule has 2 nitrogen and oxygen atoms in total. The van der Waals surface area contributed by atoms with Crippen LogP contribution in [0.1, 0.15) is 69.4 Å². The Morgan fingerprint density at radius 3 is 1.75 bits per heavy atom. The van der Waals surface area contributed by atoms with Crippen LogP contribution in [0.3, 0.4) is 0 Å². The first-order chi connectivity index (χ1) is 9.07. The maximum absolute atomic E-state index is 9.52. The molecule has 1 rings (SSSR count). The van der Waals surface area contributed by atoms with Gasteiger partial charge in [-0.1, -0.05) is 54.2 Å². The van der Waals surface area contributed by atoms with Crippen molar-refractivity contribution in [3.05, 3.63) is 40.5 Å². The van der Waals surface area contributed by atoms with Crippen molar-refractivity contribution in [3.8, 4) is 12.1 Å². The third-order valence-electron chi connectivity index (χ3n) is 3.31. The standard InChI is InChI=1S/C18H22N2/c1-8-12-9-13(10-19)14(11-20)16(18(5,6)7)15(12)17(2,3)4/h8-9H,1H2,2-7H3. The number of rotatable bonds is 1. The fourth-order valence-corrected chi connectivity index (χ4v) is 2.63. The summed E-state index contributed by atoms with van der Waals surface area (Å²) in [5.41, 5.74) is 3.61. The number of nitriles is 2. The van der Waals surface area contributed by atoms with E-state index in [2.05, 4.69) is 60.3 Å².